The molecule has 1 aromatic carbocycles. The highest BCUT2D eigenvalue weighted by molar-refractivity contribution is 7.92. The van der Waals surface area contributed by atoms with Crippen LogP contribution in [0.1, 0.15) is 25.5 Å². The number of sulfone groups is 1. The molecule has 0 fully saturated rings. The molecule has 2 atom stereocenters. The maximum Gasteiger partial charge on any atom is 0.158 e. The van der Waals surface area contributed by atoms with Crippen LogP contribution in [0, 0.1) is 0 Å². The van der Waals surface area contributed by atoms with Gasteiger partial charge in [-0.3, -0.25) is 0 Å². The highest BCUT2D eigenvalue weighted by Gasteiger charge is 2.38. The van der Waals surface area contributed by atoms with Crippen LogP contribution in [-0.2, 0) is 9.84 Å². The molecule has 0 saturated carbocycles. The van der Waals surface area contributed by atoms with Crippen LogP contribution in [0.4, 0.5) is 0 Å². The van der Waals surface area contributed by atoms with Gasteiger partial charge in [-0.25, -0.2) is 8.42 Å². The van der Waals surface area contributed by atoms with E-state index in [4.69, 9.17) is 4.74 Å². The maximum atomic E-state index is 12.1. The SMILES string of the molecule is CCNC1c2ccccc2OCC1S(=O)(=O)CC. The van der Waals surface area contributed by atoms with Crippen molar-refractivity contribution in [3.8, 4) is 5.75 Å². The average Bonchev–Trinajstić information content (AvgIpc) is 2.39. The molecule has 1 N–H and O–H groups in total. The Morgan fingerprint density at radius 1 is 1.33 bits per heavy atom. The lowest BCUT2D eigenvalue weighted by atomic mass is 10.0. The third-order valence-electron chi connectivity index (χ3n) is 3.32. The van der Waals surface area contributed by atoms with Crippen molar-refractivity contribution >= 4 is 9.84 Å². The van der Waals surface area contributed by atoms with Crippen LogP contribution in [0.3, 0.4) is 0 Å². The summed E-state index contributed by atoms with van der Waals surface area (Å²) in [5.41, 5.74) is 0.938. The van der Waals surface area contributed by atoms with Crippen molar-refractivity contribution in [1.82, 2.24) is 5.32 Å². The molecule has 5 heteroatoms. The van der Waals surface area contributed by atoms with Crippen LogP contribution < -0.4 is 10.1 Å². The quantitative estimate of drug-likeness (QED) is 0.900. The van der Waals surface area contributed by atoms with E-state index in [0.29, 0.717) is 0 Å². The van der Waals surface area contributed by atoms with Crippen LogP contribution in [-0.4, -0.2) is 32.6 Å². The molecule has 100 valence electrons. The zero-order valence-electron chi connectivity index (χ0n) is 10.7. The van der Waals surface area contributed by atoms with Crippen molar-refractivity contribution in [2.24, 2.45) is 0 Å². The van der Waals surface area contributed by atoms with Gasteiger partial charge in [0, 0.05) is 11.3 Å². The average molecular weight is 269 g/mol. The molecule has 18 heavy (non-hydrogen) atoms. The minimum atomic E-state index is -3.12. The van der Waals surface area contributed by atoms with Gasteiger partial charge in [0.25, 0.3) is 0 Å². The van der Waals surface area contributed by atoms with Crippen molar-refractivity contribution < 1.29 is 13.2 Å². The fourth-order valence-corrected chi connectivity index (χ4v) is 3.68. The van der Waals surface area contributed by atoms with Crippen molar-refractivity contribution in [2.75, 3.05) is 18.9 Å². The van der Waals surface area contributed by atoms with Crippen molar-refractivity contribution in [3.05, 3.63) is 29.8 Å². The zero-order chi connectivity index (χ0) is 13.2. The van der Waals surface area contributed by atoms with Crippen LogP contribution in [0.25, 0.3) is 0 Å². The molecule has 2 rings (SSSR count). The fraction of sp³-hybridized carbons (Fsp3) is 0.538. The predicted octanol–water partition coefficient (Wildman–Crippen LogP) is 1.53. The van der Waals surface area contributed by atoms with Crippen molar-refractivity contribution in [2.45, 2.75) is 25.1 Å². The van der Waals surface area contributed by atoms with E-state index in [-0.39, 0.29) is 18.4 Å². The van der Waals surface area contributed by atoms with E-state index in [2.05, 4.69) is 5.32 Å². The van der Waals surface area contributed by atoms with Gasteiger partial charge in [-0.05, 0) is 12.6 Å². The summed E-state index contributed by atoms with van der Waals surface area (Å²) in [6.45, 7) is 4.62. The smallest absolute Gasteiger partial charge is 0.158 e. The Bertz CT molecular complexity index is 513. The summed E-state index contributed by atoms with van der Waals surface area (Å²) < 4.78 is 29.8. The standard InChI is InChI=1S/C13H19NO3S/c1-3-14-13-10-7-5-6-8-11(10)17-9-12(13)18(15,16)4-2/h5-8,12-14H,3-4,9H2,1-2H3. The topological polar surface area (TPSA) is 55.4 Å². The molecule has 2 unspecified atom stereocenters. The molecule has 1 aliphatic heterocycles. The first-order valence-electron chi connectivity index (χ1n) is 6.26. The molecule has 1 heterocycles. The van der Waals surface area contributed by atoms with E-state index in [9.17, 15) is 8.42 Å². The van der Waals surface area contributed by atoms with Gasteiger partial charge in [-0.1, -0.05) is 32.0 Å². The number of rotatable bonds is 4. The largest absolute Gasteiger partial charge is 0.492 e. The summed E-state index contributed by atoms with van der Waals surface area (Å²) in [6, 6.07) is 7.45. The first-order chi connectivity index (χ1) is 8.60. The molecule has 4 nitrogen and oxygen atoms in total. The lowest BCUT2D eigenvalue weighted by molar-refractivity contribution is 0.256. The lowest BCUT2D eigenvalue weighted by Crippen LogP contribution is -2.44. The minimum absolute atomic E-state index is 0.144. The van der Waals surface area contributed by atoms with E-state index >= 15 is 0 Å². The molecule has 0 aliphatic carbocycles. The van der Waals surface area contributed by atoms with E-state index in [1.54, 1.807) is 6.92 Å². The minimum Gasteiger partial charge on any atom is -0.492 e. The summed E-state index contributed by atoms with van der Waals surface area (Å²) >= 11 is 0. The monoisotopic (exact) mass is 269 g/mol. The first kappa shape index (κ1) is 13.4. The molecule has 0 radical (unpaired) electrons. The normalized spacial score (nSPS) is 23.2. The Labute approximate surface area is 108 Å². The van der Waals surface area contributed by atoms with Gasteiger partial charge in [0.05, 0.1) is 6.04 Å². The van der Waals surface area contributed by atoms with Gasteiger partial charge in [0.15, 0.2) is 9.84 Å². The van der Waals surface area contributed by atoms with E-state index in [1.807, 2.05) is 31.2 Å². The Balaban J connectivity index is 2.41. The highest BCUT2D eigenvalue weighted by atomic mass is 32.2. The van der Waals surface area contributed by atoms with Crippen LogP contribution in [0.5, 0.6) is 5.75 Å². The molecule has 0 spiro atoms. The number of hydrogen-bond acceptors (Lipinski definition) is 4. The number of nitrogens with one attached hydrogen (secondary N) is 1. The first-order valence-corrected chi connectivity index (χ1v) is 7.98. The predicted molar refractivity (Wildman–Crippen MR) is 71.6 cm³/mol. The second-order valence-corrected chi connectivity index (χ2v) is 6.88. The fourth-order valence-electron chi connectivity index (χ4n) is 2.32. The molecule has 0 bridgehead atoms. The van der Waals surface area contributed by atoms with E-state index < -0.39 is 15.1 Å². The summed E-state index contributed by atoms with van der Waals surface area (Å²) in [7, 11) is -3.12. The third kappa shape index (κ3) is 2.37. The molecular weight excluding hydrogens is 250 g/mol. The Kier molecular flexibility index (Phi) is 3.92. The van der Waals surface area contributed by atoms with E-state index in [1.165, 1.54) is 0 Å². The Morgan fingerprint density at radius 3 is 2.72 bits per heavy atom. The van der Waals surface area contributed by atoms with Crippen LogP contribution >= 0.6 is 0 Å². The number of hydrogen-bond donors (Lipinski definition) is 1. The van der Waals surface area contributed by atoms with Crippen LogP contribution in [0.15, 0.2) is 24.3 Å². The van der Waals surface area contributed by atoms with Gasteiger partial charge in [-0.2, -0.15) is 0 Å². The summed E-state index contributed by atoms with van der Waals surface area (Å²) in [5.74, 6) is 0.927. The molecule has 0 saturated heterocycles. The Morgan fingerprint density at radius 2 is 2.06 bits per heavy atom. The lowest BCUT2D eigenvalue weighted by Gasteiger charge is -2.33. The number of benzene rings is 1. The summed E-state index contributed by atoms with van der Waals surface area (Å²) in [4.78, 5) is 0. The van der Waals surface area contributed by atoms with Gasteiger partial charge < -0.3 is 10.1 Å². The molecule has 0 amide bonds. The second-order valence-electron chi connectivity index (χ2n) is 4.37. The summed E-state index contributed by atoms with van der Waals surface area (Å²) in [5, 5.41) is 2.77. The maximum absolute atomic E-state index is 12.1. The zero-order valence-corrected chi connectivity index (χ0v) is 11.5. The Hall–Kier alpha value is -1.07. The van der Waals surface area contributed by atoms with Gasteiger partial charge in [-0.15, -0.1) is 0 Å². The van der Waals surface area contributed by atoms with Crippen molar-refractivity contribution in [3.63, 3.8) is 0 Å². The molecule has 0 aromatic heterocycles. The number of ether oxygens (including phenoxy) is 1. The molecular formula is C13H19NO3S. The van der Waals surface area contributed by atoms with Gasteiger partial charge in [0.1, 0.15) is 17.6 Å². The van der Waals surface area contributed by atoms with Gasteiger partial charge in [0.2, 0.25) is 0 Å². The highest BCUT2D eigenvalue weighted by Crippen LogP contribution is 2.34. The van der Waals surface area contributed by atoms with E-state index in [0.717, 1.165) is 17.9 Å². The molecule has 1 aliphatic rings. The third-order valence-corrected chi connectivity index (χ3v) is 5.45. The summed E-state index contributed by atoms with van der Waals surface area (Å²) in [6.07, 6.45) is 0. The van der Waals surface area contributed by atoms with Gasteiger partial charge >= 0.3 is 0 Å². The van der Waals surface area contributed by atoms with Crippen molar-refractivity contribution in [1.29, 1.82) is 0 Å². The molecule has 1 aromatic rings. The second kappa shape index (κ2) is 5.28. The van der Waals surface area contributed by atoms with Crippen LogP contribution in [0.2, 0.25) is 0 Å². The number of para-hydroxylation sites is 1. The number of fused-ring (bicyclic) bond motifs is 1.